The number of nitrogens with zero attached hydrogens (tertiary/aromatic N) is 5. The van der Waals surface area contributed by atoms with Crippen LogP contribution in [-0.4, -0.2) is 24.9 Å². The van der Waals surface area contributed by atoms with Crippen molar-refractivity contribution in [2.24, 2.45) is 0 Å². The molecule has 2 heterocycles. The zero-order valence-electron chi connectivity index (χ0n) is 23.0. The van der Waals surface area contributed by atoms with Gasteiger partial charge in [-0.2, -0.15) is 0 Å². The van der Waals surface area contributed by atoms with Gasteiger partial charge in [-0.05, 0) is 18.2 Å². The molecule has 0 atom stereocenters. The number of aromatic nitrogens is 5. The molecule has 0 bridgehead atoms. The molecule has 0 unspecified atom stereocenters. The van der Waals surface area contributed by atoms with Crippen LogP contribution in [0.5, 0.6) is 0 Å². The zero-order chi connectivity index (χ0) is 29.0. The molecule has 0 radical (unpaired) electrons. The minimum atomic E-state index is 0.595. The second-order valence-electron chi connectivity index (χ2n) is 9.95. The van der Waals surface area contributed by atoms with E-state index in [9.17, 15) is 0 Å². The van der Waals surface area contributed by atoms with Gasteiger partial charge < -0.3 is 0 Å². The highest BCUT2D eigenvalue weighted by Gasteiger charge is 2.14. The number of halogens is 1. The fourth-order valence-electron chi connectivity index (χ4n) is 4.83. The third kappa shape index (κ3) is 5.80. The van der Waals surface area contributed by atoms with Gasteiger partial charge in [-0.25, -0.2) is 24.9 Å². The molecule has 6 heteroatoms. The lowest BCUT2D eigenvalue weighted by Crippen LogP contribution is -2.00. The number of benzene rings is 5. The SMILES string of the molecule is Clc1cccc(-c2cc(-c3ccccc3)nc(-c3ccc(-c4nc(-c5ccccc5)nc(-c5ccccc5)n4)cc3)n2)c1. The summed E-state index contributed by atoms with van der Waals surface area (Å²) in [7, 11) is 0. The second-order valence-corrected chi connectivity index (χ2v) is 10.4. The lowest BCUT2D eigenvalue weighted by molar-refractivity contribution is 1.07. The summed E-state index contributed by atoms with van der Waals surface area (Å²) in [5, 5.41) is 0.658. The van der Waals surface area contributed by atoms with Gasteiger partial charge >= 0.3 is 0 Å². The van der Waals surface area contributed by atoms with E-state index >= 15 is 0 Å². The molecule has 2 aromatic heterocycles. The molecule has 0 aliphatic heterocycles. The van der Waals surface area contributed by atoms with Crippen molar-refractivity contribution in [3.05, 3.63) is 151 Å². The van der Waals surface area contributed by atoms with Crippen LogP contribution in [0.2, 0.25) is 5.02 Å². The molecule has 0 aliphatic carbocycles. The van der Waals surface area contributed by atoms with Crippen molar-refractivity contribution in [3.63, 3.8) is 0 Å². The molecule has 5 nitrogen and oxygen atoms in total. The maximum atomic E-state index is 6.32. The zero-order valence-corrected chi connectivity index (χ0v) is 23.7. The van der Waals surface area contributed by atoms with E-state index in [4.69, 9.17) is 36.5 Å². The second kappa shape index (κ2) is 11.8. The van der Waals surface area contributed by atoms with Crippen LogP contribution in [-0.2, 0) is 0 Å². The van der Waals surface area contributed by atoms with E-state index in [2.05, 4.69) is 0 Å². The van der Waals surface area contributed by atoms with E-state index in [0.29, 0.717) is 28.3 Å². The largest absolute Gasteiger partial charge is 0.228 e. The molecule has 0 spiro atoms. The molecule has 0 aliphatic rings. The summed E-state index contributed by atoms with van der Waals surface area (Å²) in [5.74, 6) is 2.46. The van der Waals surface area contributed by atoms with Gasteiger partial charge in [-0.1, -0.05) is 139 Å². The van der Waals surface area contributed by atoms with E-state index in [1.807, 2.05) is 146 Å². The van der Waals surface area contributed by atoms with Crippen LogP contribution in [0.3, 0.4) is 0 Å². The van der Waals surface area contributed by atoms with Crippen molar-refractivity contribution in [3.8, 4) is 68.1 Å². The topological polar surface area (TPSA) is 64.5 Å². The Hall–Kier alpha value is -5.52. The van der Waals surface area contributed by atoms with Crippen LogP contribution in [0, 0.1) is 0 Å². The number of rotatable bonds is 6. The van der Waals surface area contributed by atoms with E-state index in [1.54, 1.807) is 0 Å². The Morgan fingerprint density at radius 3 is 1.14 bits per heavy atom. The van der Waals surface area contributed by atoms with Gasteiger partial charge in [0.05, 0.1) is 11.4 Å². The van der Waals surface area contributed by atoms with Gasteiger partial charge in [0, 0.05) is 38.4 Å². The first kappa shape index (κ1) is 26.4. The van der Waals surface area contributed by atoms with Crippen molar-refractivity contribution in [1.82, 2.24) is 24.9 Å². The fourth-order valence-corrected chi connectivity index (χ4v) is 5.03. The Morgan fingerprint density at radius 1 is 0.302 bits per heavy atom. The molecular weight excluding hydrogens is 550 g/mol. The summed E-state index contributed by atoms with van der Waals surface area (Å²) in [5.41, 5.74) is 7.18. The molecule has 43 heavy (non-hydrogen) atoms. The highest BCUT2D eigenvalue weighted by Crippen LogP contribution is 2.30. The Kier molecular flexibility index (Phi) is 7.22. The molecule has 0 N–H and O–H groups in total. The predicted octanol–water partition coefficient (Wildman–Crippen LogP) is 9.32. The first-order valence-electron chi connectivity index (χ1n) is 13.9. The van der Waals surface area contributed by atoms with Gasteiger partial charge in [-0.15, -0.1) is 0 Å². The summed E-state index contributed by atoms with van der Waals surface area (Å²) in [4.78, 5) is 24.4. The molecule has 5 aromatic carbocycles. The van der Waals surface area contributed by atoms with Crippen LogP contribution < -0.4 is 0 Å². The van der Waals surface area contributed by atoms with E-state index in [1.165, 1.54) is 0 Å². The van der Waals surface area contributed by atoms with Crippen molar-refractivity contribution in [1.29, 1.82) is 0 Å². The third-order valence-electron chi connectivity index (χ3n) is 7.02. The maximum absolute atomic E-state index is 6.32. The maximum Gasteiger partial charge on any atom is 0.164 e. The monoisotopic (exact) mass is 573 g/mol. The summed E-state index contributed by atoms with van der Waals surface area (Å²) < 4.78 is 0. The summed E-state index contributed by atoms with van der Waals surface area (Å²) in [6.45, 7) is 0. The van der Waals surface area contributed by atoms with Crippen molar-refractivity contribution in [2.75, 3.05) is 0 Å². The average molecular weight is 574 g/mol. The van der Waals surface area contributed by atoms with Crippen LogP contribution in [0.1, 0.15) is 0 Å². The van der Waals surface area contributed by atoms with E-state index in [0.717, 1.165) is 44.8 Å². The first-order chi connectivity index (χ1) is 21.2. The fraction of sp³-hybridized carbons (Fsp3) is 0. The Balaban J connectivity index is 1.31. The Morgan fingerprint density at radius 2 is 0.674 bits per heavy atom. The standard InChI is InChI=1S/C37H24ClN5/c38-31-18-10-17-30(23-31)33-24-32(25-11-4-1-5-12-25)39-34(40-33)28-19-21-29(22-20-28)37-42-35(26-13-6-2-7-14-26)41-36(43-37)27-15-8-3-9-16-27/h1-24H. The number of hydrogen-bond donors (Lipinski definition) is 0. The smallest absolute Gasteiger partial charge is 0.164 e. The minimum absolute atomic E-state index is 0.595. The quantitative estimate of drug-likeness (QED) is 0.198. The van der Waals surface area contributed by atoms with E-state index in [-0.39, 0.29) is 0 Å². The van der Waals surface area contributed by atoms with Gasteiger partial charge in [0.25, 0.3) is 0 Å². The van der Waals surface area contributed by atoms with Crippen LogP contribution in [0.15, 0.2) is 146 Å². The lowest BCUT2D eigenvalue weighted by atomic mass is 10.1. The lowest BCUT2D eigenvalue weighted by Gasteiger charge is -2.11. The minimum Gasteiger partial charge on any atom is -0.228 e. The van der Waals surface area contributed by atoms with Crippen molar-refractivity contribution in [2.45, 2.75) is 0 Å². The Bertz CT molecular complexity index is 1960. The first-order valence-corrected chi connectivity index (χ1v) is 14.3. The molecule has 7 rings (SSSR count). The third-order valence-corrected chi connectivity index (χ3v) is 7.25. The molecule has 0 fully saturated rings. The highest BCUT2D eigenvalue weighted by molar-refractivity contribution is 6.30. The molecule has 7 aromatic rings. The Labute approximate surface area is 254 Å². The molecular formula is C37H24ClN5. The van der Waals surface area contributed by atoms with Crippen LogP contribution in [0.25, 0.3) is 68.1 Å². The normalized spacial score (nSPS) is 10.9. The molecule has 0 saturated heterocycles. The van der Waals surface area contributed by atoms with Gasteiger partial charge in [0.15, 0.2) is 23.3 Å². The van der Waals surface area contributed by atoms with Crippen LogP contribution >= 0.6 is 11.6 Å². The molecule has 204 valence electrons. The highest BCUT2D eigenvalue weighted by atomic mass is 35.5. The van der Waals surface area contributed by atoms with Gasteiger partial charge in [0.2, 0.25) is 0 Å². The van der Waals surface area contributed by atoms with E-state index < -0.39 is 0 Å². The summed E-state index contributed by atoms with van der Waals surface area (Å²) >= 11 is 6.32. The van der Waals surface area contributed by atoms with Gasteiger partial charge in [0.1, 0.15) is 0 Å². The van der Waals surface area contributed by atoms with Crippen molar-refractivity contribution >= 4 is 11.6 Å². The summed E-state index contributed by atoms with van der Waals surface area (Å²) in [6, 6.07) is 47.8. The summed E-state index contributed by atoms with van der Waals surface area (Å²) in [6.07, 6.45) is 0. The van der Waals surface area contributed by atoms with Crippen LogP contribution in [0.4, 0.5) is 0 Å². The molecule has 0 saturated carbocycles. The van der Waals surface area contributed by atoms with Crippen molar-refractivity contribution < 1.29 is 0 Å². The average Bonchev–Trinajstić information content (AvgIpc) is 3.09. The van der Waals surface area contributed by atoms with Gasteiger partial charge in [-0.3, -0.25) is 0 Å². The predicted molar refractivity (Wildman–Crippen MR) is 173 cm³/mol. The molecule has 0 amide bonds. The number of hydrogen-bond acceptors (Lipinski definition) is 5.